The Balaban J connectivity index is 4.37. The Labute approximate surface area is 92.5 Å². The largest absolute Gasteiger partial charge is 0.425 e. The molecule has 0 unspecified atom stereocenters. The summed E-state index contributed by atoms with van der Waals surface area (Å²) in [6, 6.07) is 0. The molecule has 0 heterocycles. The van der Waals surface area contributed by atoms with Crippen molar-refractivity contribution in [3.63, 3.8) is 0 Å². The predicted molar refractivity (Wildman–Crippen MR) is 64.5 cm³/mol. The van der Waals surface area contributed by atoms with E-state index in [1.807, 2.05) is 13.8 Å². The normalized spacial score (nSPS) is 13.6. The fourth-order valence-corrected chi connectivity index (χ4v) is 0.739. The van der Waals surface area contributed by atoms with E-state index in [9.17, 15) is 5.11 Å². The highest BCUT2D eigenvalue weighted by Gasteiger charge is 2.35. The van der Waals surface area contributed by atoms with Crippen LogP contribution in [0.25, 0.3) is 0 Å². The minimum atomic E-state index is -0.906. The van der Waals surface area contributed by atoms with E-state index in [0.717, 1.165) is 5.60 Å². The van der Waals surface area contributed by atoms with Crippen molar-refractivity contribution >= 4 is 13.7 Å². The number of hydrogen-bond acceptors (Lipinski definition) is 4. The molecule has 15 heavy (non-hydrogen) atoms. The van der Waals surface area contributed by atoms with Crippen molar-refractivity contribution in [3.05, 3.63) is 11.7 Å². The van der Waals surface area contributed by atoms with E-state index >= 15 is 0 Å². The van der Waals surface area contributed by atoms with Crippen molar-refractivity contribution in [3.8, 4) is 0 Å². The first kappa shape index (κ1) is 14.2. The van der Waals surface area contributed by atoms with E-state index < -0.39 is 11.2 Å². The molecule has 0 aliphatic rings. The van der Waals surface area contributed by atoms with Gasteiger partial charge in [0, 0.05) is 18.9 Å². The lowest BCUT2D eigenvalue weighted by molar-refractivity contribution is -0.0897. The highest BCUT2D eigenvalue weighted by Crippen LogP contribution is 2.24. The van der Waals surface area contributed by atoms with Crippen LogP contribution in [0.4, 0.5) is 0 Å². The van der Waals surface area contributed by atoms with Crippen LogP contribution in [-0.2, 0) is 4.65 Å². The van der Waals surface area contributed by atoms with Crippen LogP contribution in [0, 0.1) is 5.41 Å². The summed E-state index contributed by atoms with van der Waals surface area (Å²) in [7, 11) is 2.12. The van der Waals surface area contributed by atoms with Crippen LogP contribution in [0.5, 0.6) is 0 Å². The van der Waals surface area contributed by atoms with Gasteiger partial charge in [0.15, 0.2) is 0 Å². The molecule has 0 bridgehead atoms. The van der Waals surface area contributed by atoms with Gasteiger partial charge < -0.3 is 20.5 Å². The van der Waals surface area contributed by atoms with E-state index in [1.54, 1.807) is 27.0 Å². The summed E-state index contributed by atoms with van der Waals surface area (Å²) in [6.45, 7) is 7.11. The summed E-state index contributed by atoms with van der Waals surface area (Å²) in [5, 5.41) is 19.7. The van der Waals surface area contributed by atoms with E-state index in [0.29, 0.717) is 7.48 Å². The molecule has 0 spiro atoms. The summed E-state index contributed by atoms with van der Waals surface area (Å²) in [5.41, 5.74) is -0.732. The first-order valence-corrected chi connectivity index (χ1v) is 4.98. The molecule has 0 aliphatic carbocycles. The average molecular weight is 212 g/mol. The molecule has 0 aromatic carbocycles. The third kappa shape index (κ3) is 4.49. The summed E-state index contributed by atoms with van der Waals surface area (Å²) < 4.78 is 5.62. The second-order valence-corrected chi connectivity index (χ2v) is 4.47. The van der Waals surface area contributed by atoms with Crippen LogP contribution in [0.3, 0.4) is 0 Å². The second-order valence-electron chi connectivity index (χ2n) is 4.47. The topological polar surface area (TPSA) is 65.3 Å². The van der Waals surface area contributed by atoms with Gasteiger partial charge in [0.05, 0.1) is 11.2 Å². The van der Waals surface area contributed by atoms with Gasteiger partial charge in [-0.05, 0) is 33.8 Å². The Bertz CT molecular complexity index is 244. The van der Waals surface area contributed by atoms with Gasteiger partial charge in [-0.3, -0.25) is 0 Å². The van der Waals surface area contributed by atoms with Crippen LogP contribution < -0.4 is 5.32 Å². The zero-order chi connectivity index (χ0) is 12.1. The molecule has 0 saturated carbocycles. The van der Waals surface area contributed by atoms with Crippen molar-refractivity contribution < 1.29 is 9.76 Å². The maximum atomic E-state index is 9.85. The van der Waals surface area contributed by atoms with E-state index in [1.165, 1.54) is 6.21 Å². The molecular formula is C10H21BN2O2. The molecule has 0 aliphatic heterocycles. The van der Waals surface area contributed by atoms with Crippen molar-refractivity contribution in [1.29, 1.82) is 5.41 Å². The zero-order valence-corrected chi connectivity index (χ0v) is 10.2. The number of rotatable bonds is 6. The molecule has 0 aromatic rings. The number of aliphatic hydroxyl groups is 1. The molecule has 0 rings (SSSR count). The Morgan fingerprint density at radius 3 is 2.27 bits per heavy atom. The van der Waals surface area contributed by atoms with Gasteiger partial charge in [0.1, 0.15) is 0 Å². The van der Waals surface area contributed by atoms with Gasteiger partial charge in [-0.15, -0.1) is 0 Å². The Hall–Kier alpha value is -0.805. The zero-order valence-electron chi connectivity index (χ0n) is 10.2. The monoisotopic (exact) mass is 212 g/mol. The predicted octanol–water partition coefficient (Wildman–Crippen LogP) is 0.614. The SMILES string of the molecule is CN/C(BOC(C)(C)C(C)(C)O)=C\C=N. The van der Waals surface area contributed by atoms with Gasteiger partial charge in [0.25, 0.3) is 0 Å². The summed E-state index contributed by atoms with van der Waals surface area (Å²) in [5.74, 6) is 0. The summed E-state index contributed by atoms with van der Waals surface area (Å²) in [6.07, 6.45) is 2.83. The van der Waals surface area contributed by atoms with Gasteiger partial charge >= 0.3 is 7.48 Å². The van der Waals surface area contributed by atoms with E-state index in [2.05, 4.69) is 5.32 Å². The third-order valence-corrected chi connectivity index (χ3v) is 2.67. The van der Waals surface area contributed by atoms with Gasteiger partial charge in [-0.1, -0.05) is 0 Å². The lowest BCUT2D eigenvalue weighted by Crippen LogP contribution is -2.48. The van der Waals surface area contributed by atoms with Crippen LogP contribution >= 0.6 is 0 Å². The molecular weight excluding hydrogens is 191 g/mol. The molecule has 86 valence electrons. The van der Waals surface area contributed by atoms with Crippen LogP contribution in [-0.4, -0.2) is 37.1 Å². The highest BCUT2D eigenvalue weighted by molar-refractivity contribution is 6.38. The number of nitrogens with one attached hydrogen (secondary N) is 2. The maximum absolute atomic E-state index is 9.85. The van der Waals surface area contributed by atoms with Crippen molar-refractivity contribution in [1.82, 2.24) is 5.32 Å². The standard InChI is InChI=1S/C10H21BN2O2/c1-9(2,14)10(3,4)15-11-8(13-5)6-7-12/h6-7,11-14H,1-5H3/b8-6-,12-7?. The van der Waals surface area contributed by atoms with Gasteiger partial charge in [-0.25, -0.2) is 0 Å². The molecule has 4 nitrogen and oxygen atoms in total. The molecule has 3 N–H and O–H groups in total. The van der Waals surface area contributed by atoms with Crippen LogP contribution in [0.2, 0.25) is 0 Å². The molecule has 0 aromatic heterocycles. The van der Waals surface area contributed by atoms with Crippen molar-refractivity contribution in [2.45, 2.75) is 38.9 Å². The molecule has 0 amide bonds. The van der Waals surface area contributed by atoms with Crippen LogP contribution in [0.1, 0.15) is 27.7 Å². The van der Waals surface area contributed by atoms with Crippen molar-refractivity contribution in [2.24, 2.45) is 0 Å². The fraction of sp³-hybridized carbons (Fsp3) is 0.700. The van der Waals surface area contributed by atoms with Gasteiger partial charge in [0.2, 0.25) is 0 Å². The number of allylic oxidation sites excluding steroid dienone is 1. The molecule has 5 heteroatoms. The van der Waals surface area contributed by atoms with Crippen LogP contribution in [0.15, 0.2) is 11.7 Å². The highest BCUT2D eigenvalue weighted by atomic mass is 16.5. The second kappa shape index (κ2) is 5.33. The lowest BCUT2D eigenvalue weighted by Gasteiger charge is -2.37. The van der Waals surface area contributed by atoms with E-state index in [4.69, 9.17) is 10.1 Å². The van der Waals surface area contributed by atoms with Crippen molar-refractivity contribution in [2.75, 3.05) is 7.05 Å². The maximum Gasteiger partial charge on any atom is 0.325 e. The molecule has 0 fully saturated rings. The Morgan fingerprint density at radius 2 is 1.93 bits per heavy atom. The smallest absolute Gasteiger partial charge is 0.325 e. The lowest BCUT2D eigenvalue weighted by atomic mass is 9.85. The number of hydrogen-bond donors (Lipinski definition) is 3. The summed E-state index contributed by atoms with van der Waals surface area (Å²) in [4.78, 5) is 0. The molecule has 0 atom stereocenters. The average Bonchev–Trinajstić information content (AvgIpc) is 2.10. The minimum Gasteiger partial charge on any atom is -0.425 e. The Morgan fingerprint density at radius 1 is 1.40 bits per heavy atom. The quantitative estimate of drug-likeness (QED) is 0.446. The summed E-state index contributed by atoms with van der Waals surface area (Å²) >= 11 is 0. The van der Waals surface area contributed by atoms with Gasteiger partial charge in [-0.2, -0.15) is 0 Å². The Kier molecular flexibility index (Phi) is 5.04. The first-order valence-electron chi connectivity index (χ1n) is 4.98. The van der Waals surface area contributed by atoms with E-state index in [-0.39, 0.29) is 0 Å². The molecule has 0 radical (unpaired) electrons. The minimum absolute atomic E-state index is 0.350. The molecule has 0 saturated heterocycles. The third-order valence-electron chi connectivity index (χ3n) is 2.67. The first-order chi connectivity index (χ1) is 6.74. The fourth-order valence-electron chi connectivity index (χ4n) is 0.739.